The van der Waals surface area contributed by atoms with Crippen molar-refractivity contribution in [2.24, 2.45) is 5.92 Å². The van der Waals surface area contributed by atoms with Gasteiger partial charge in [0.2, 0.25) is 5.88 Å². The zero-order valence-corrected chi connectivity index (χ0v) is 11.0. The molecule has 1 fully saturated rings. The number of nitrogens with one attached hydrogen (secondary N) is 1. The number of hydrogen-bond acceptors (Lipinski definition) is 3. The van der Waals surface area contributed by atoms with Crippen LogP contribution in [0, 0.1) is 5.92 Å². The summed E-state index contributed by atoms with van der Waals surface area (Å²) >= 11 is 0. The Morgan fingerprint density at radius 3 is 2.78 bits per heavy atom. The fraction of sp³-hybridized carbons (Fsp3) is 0.571. The normalized spacial score (nSPS) is 23.4. The number of rotatable bonds is 3. The van der Waals surface area contributed by atoms with E-state index in [0.717, 1.165) is 6.42 Å². The van der Waals surface area contributed by atoms with Crippen LogP contribution in [-0.4, -0.2) is 24.0 Å². The molecule has 98 valence electrons. The Labute approximate surface area is 108 Å². The van der Waals surface area contributed by atoms with Gasteiger partial charge in [-0.3, -0.25) is 4.79 Å². The lowest BCUT2D eigenvalue weighted by Gasteiger charge is -2.29. The Balaban J connectivity index is 1.97. The molecule has 2 rings (SSSR count). The Bertz CT molecular complexity index is 403. The summed E-state index contributed by atoms with van der Waals surface area (Å²) in [5.74, 6) is 1.05. The van der Waals surface area contributed by atoms with Gasteiger partial charge < -0.3 is 10.1 Å². The average molecular weight is 248 g/mol. The third-order valence-electron chi connectivity index (χ3n) is 3.64. The molecular weight excluding hydrogens is 228 g/mol. The first-order valence-electron chi connectivity index (χ1n) is 6.51. The van der Waals surface area contributed by atoms with Gasteiger partial charge in [-0.1, -0.05) is 19.8 Å². The zero-order chi connectivity index (χ0) is 13.0. The molecule has 1 aromatic heterocycles. The van der Waals surface area contributed by atoms with E-state index in [1.165, 1.54) is 19.3 Å². The van der Waals surface area contributed by atoms with Gasteiger partial charge in [0, 0.05) is 18.3 Å². The minimum atomic E-state index is -0.0381. The first-order chi connectivity index (χ1) is 8.70. The molecule has 4 heteroatoms. The second-order valence-corrected chi connectivity index (χ2v) is 4.93. The quantitative estimate of drug-likeness (QED) is 0.893. The van der Waals surface area contributed by atoms with Gasteiger partial charge in [-0.2, -0.15) is 0 Å². The van der Waals surface area contributed by atoms with E-state index in [1.807, 2.05) is 0 Å². The molecule has 0 aliphatic heterocycles. The summed E-state index contributed by atoms with van der Waals surface area (Å²) in [6.07, 6.45) is 6.32. The molecule has 0 radical (unpaired) electrons. The van der Waals surface area contributed by atoms with Gasteiger partial charge in [0.1, 0.15) is 0 Å². The van der Waals surface area contributed by atoms with Crippen molar-refractivity contribution in [3.63, 3.8) is 0 Å². The highest BCUT2D eigenvalue weighted by Gasteiger charge is 2.23. The van der Waals surface area contributed by atoms with Crippen LogP contribution in [0.25, 0.3) is 0 Å². The predicted octanol–water partition coefficient (Wildman–Crippen LogP) is 2.40. The number of aromatic nitrogens is 1. The van der Waals surface area contributed by atoms with Crippen molar-refractivity contribution in [2.45, 2.75) is 38.6 Å². The monoisotopic (exact) mass is 248 g/mol. The second kappa shape index (κ2) is 5.85. The molecule has 0 saturated heterocycles. The first-order valence-corrected chi connectivity index (χ1v) is 6.51. The van der Waals surface area contributed by atoms with Crippen LogP contribution in [0.1, 0.15) is 43.0 Å². The number of ether oxygens (including phenoxy) is 1. The highest BCUT2D eigenvalue weighted by atomic mass is 16.5. The largest absolute Gasteiger partial charge is 0.481 e. The SMILES string of the molecule is COc1ccc(C(=O)N[C@H]2CCCC[C@H]2C)cn1. The van der Waals surface area contributed by atoms with Gasteiger partial charge in [-0.15, -0.1) is 0 Å². The van der Waals surface area contributed by atoms with Crippen LogP contribution < -0.4 is 10.1 Å². The lowest BCUT2D eigenvalue weighted by atomic mass is 9.86. The number of nitrogens with zero attached hydrogens (tertiary/aromatic N) is 1. The summed E-state index contributed by atoms with van der Waals surface area (Å²) in [7, 11) is 1.56. The fourth-order valence-corrected chi connectivity index (χ4v) is 2.42. The standard InChI is InChI=1S/C14H20N2O2/c1-10-5-3-4-6-12(10)16-14(17)11-7-8-13(18-2)15-9-11/h7-10,12H,3-6H2,1-2H3,(H,16,17)/t10-,12+/m1/s1. The van der Waals surface area contributed by atoms with E-state index in [1.54, 1.807) is 25.4 Å². The van der Waals surface area contributed by atoms with Gasteiger partial charge in [-0.25, -0.2) is 4.98 Å². The Kier molecular flexibility index (Phi) is 4.18. The topological polar surface area (TPSA) is 51.2 Å². The lowest BCUT2D eigenvalue weighted by molar-refractivity contribution is 0.0910. The van der Waals surface area contributed by atoms with Crippen molar-refractivity contribution >= 4 is 5.91 Å². The van der Waals surface area contributed by atoms with Crippen LogP contribution >= 0.6 is 0 Å². The van der Waals surface area contributed by atoms with Crippen LogP contribution in [0.5, 0.6) is 5.88 Å². The number of carbonyl (C=O) groups is 1. The van der Waals surface area contributed by atoms with Crippen LogP contribution in [0.2, 0.25) is 0 Å². The summed E-state index contributed by atoms with van der Waals surface area (Å²) in [6, 6.07) is 3.75. The van der Waals surface area contributed by atoms with Crippen molar-refractivity contribution in [1.82, 2.24) is 10.3 Å². The third kappa shape index (κ3) is 3.00. The van der Waals surface area contributed by atoms with Crippen molar-refractivity contribution < 1.29 is 9.53 Å². The molecule has 1 heterocycles. The van der Waals surface area contributed by atoms with Gasteiger partial charge >= 0.3 is 0 Å². The Morgan fingerprint density at radius 2 is 2.17 bits per heavy atom. The second-order valence-electron chi connectivity index (χ2n) is 4.93. The van der Waals surface area contributed by atoms with Crippen LogP contribution in [0.3, 0.4) is 0 Å². The number of pyridine rings is 1. The van der Waals surface area contributed by atoms with Crippen molar-refractivity contribution in [1.29, 1.82) is 0 Å². The number of hydrogen-bond donors (Lipinski definition) is 1. The van der Waals surface area contributed by atoms with Gasteiger partial charge in [0.15, 0.2) is 0 Å². The molecule has 0 spiro atoms. The van der Waals surface area contributed by atoms with Crippen LogP contribution in [0.4, 0.5) is 0 Å². The van der Waals surface area contributed by atoms with Gasteiger partial charge in [0.05, 0.1) is 12.7 Å². The molecule has 0 unspecified atom stereocenters. The molecule has 1 N–H and O–H groups in total. The maximum absolute atomic E-state index is 12.1. The molecule has 0 bridgehead atoms. The van der Waals surface area contributed by atoms with E-state index in [0.29, 0.717) is 23.4 Å². The van der Waals surface area contributed by atoms with Gasteiger partial charge in [0.25, 0.3) is 5.91 Å². The predicted molar refractivity (Wildman–Crippen MR) is 69.7 cm³/mol. The first kappa shape index (κ1) is 12.9. The molecule has 1 aliphatic carbocycles. The van der Waals surface area contributed by atoms with E-state index in [4.69, 9.17) is 4.74 Å². The highest BCUT2D eigenvalue weighted by Crippen LogP contribution is 2.24. The maximum atomic E-state index is 12.1. The summed E-state index contributed by atoms with van der Waals surface area (Å²) in [5, 5.41) is 3.10. The van der Waals surface area contributed by atoms with Crippen molar-refractivity contribution in [3.05, 3.63) is 23.9 Å². The molecule has 1 aliphatic rings. The lowest BCUT2D eigenvalue weighted by Crippen LogP contribution is -2.41. The minimum absolute atomic E-state index is 0.0381. The minimum Gasteiger partial charge on any atom is -0.481 e. The van der Waals surface area contributed by atoms with E-state index in [2.05, 4.69) is 17.2 Å². The molecular formula is C14H20N2O2. The molecule has 4 nitrogen and oxygen atoms in total. The van der Waals surface area contributed by atoms with E-state index >= 15 is 0 Å². The maximum Gasteiger partial charge on any atom is 0.253 e. The molecule has 2 atom stereocenters. The van der Waals surface area contributed by atoms with Crippen molar-refractivity contribution in [3.8, 4) is 5.88 Å². The fourth-order valence-electron chi connectivity index (χ4n) is 2.42. The van der Waals surface area contributed by atoms with E-state index in [-0.39, 0.29) is 5.91 Å². The number of amides is 1. The molecule has 1 aromatic rings. The Hall–Kier alpha value is -1.58. The molecule has 0 aromatic carbocycles. The summed E-state index contributed by atoms with van der Waals surface area (Å²) < 4.78 is 4.97. The number of methoxy groups -OCH3 is 1. The summed E-state index contributed by atoms with van der Waals surface area (Å²) in [6.45, 7) is 2.20. The number of carbonyl (C=O) groups excluding carboxylic acids is 1. The van der Waals surface area contributed by atoms with Crippen molar-refractivity contribution in [2.75, 3.05) is 7.11 Å². The Morgan fingerprint density at radius 1 is 1.39 bits per heavy atom. The van der Waals surface area contributed by atoms with E-state index < -0.39 is 0 Å². The summed E-state index contributed by atoms with van der Waals surface area (Å²) in [4.78, 5) is 16.1. The average Bonchev–Trinajstić information content (AvgIpc) is 2.41. The molecule has 1 saturated carbocycles. The van der Waals surface area contributed by atoms with Crippen LogP contribution in [0.15, 0.2) is 18.3 Å². The molecule has 18 heavy (non-hydrogen) atoms. The highest BCUT2D eigenvalue weighted by molar-refractivity contribution is 5.94. The third-order valence-corrected chi connectivity index (χ3v) is 3.64. The summed E-state index contributed by atoms with van der Waals surface area (Å²) in [5.41, 5.74) is 0.591. The molecule has 1 amide bonds. The zero-order valence-electron chi connectivity index (χ0n) is 11.0. The van der Waals surface area contributed by atoms with E-state index in [9.17, 15) is 4.79 Å². The smallest absolute Gasteiger partial charge is 0.253 e. The van der Waals surface area contributed by atoms with Crippen LogP contribution in [-0.2, 0) is 0 Å². The van der Waals surface area contributed by atoms with Gasteiger partial charge in [-0.05, 0) is 24.8 Å².